The highest BCUT2D eigenvalue weighted by molar-refractivity contribution is 5.49. The topological polar surface area (TPSA) is 27.7 Å². The highest BCUT2D eigenvalue weighted by Gasteiger charge is 2.37. The minimum absolute atomic E-state index is 0.695. The van der Waals surface area contributed by atoms with Gasteiger partial charge in [-0.25, -0.2) is 0 Å². The van der Waals surface area contributed by atoms with Crippen LogP contribution in [0.15, 0.2) is 78.9 Å². The van der Waals surface area contributed by atoms with Crippen molar-refractivity contribution in [3.05, 3.63) is 102 Å². The lowest BCUT2D eigenvalue weighted by Crippen LogP contribution is -2.33. The second-order valence-electron chi connectivity index (χ2n) is 10.8. The van der Waals surface area contributed by atoms with Crippen molar-refractivity contribution in [2.24, 2.45) is 0 Å². The zero-order valence-electron chi connectivity index (χ0n) is 25.0. The fraction of sp³-hybridized carbons (Fsp3) is 0.486. The molecule has 3 aromatic rings. The first-order valence-electron chi connectivity index (χ1n) is 15.5. The van der Waals surface area contributed by atoms with Crippen LogP contribution in [0.2, 0.25) is 0 Å². The molecule has 0 bridgehead atoms. The van der Waals surface area contributed by atoms with E-state index in [0.717, 1.165) is 41.0 Å². The molecule has 3 rings (SSSR count). The van der Waals surface area contributed by atoms with Gasteiger partial charge in [0, 0.05) is 6.61 Å². The highest BCUT2D eigenvalue weighted by Crippen LogP contribution is 2.41. The summed E-state index contributed by atoms with van der Waals surface area (Å²) in [6, 6.07) is 27.1. The Bertz CT molecular complexity index is 980. The molecule has 0 fully saturated rings. The van der Waals surface area contributed by atoms with Gasteiger partial charge in [0.2, 0.25) is 0 Å². The monoisotopic (exact) mass is 543 g/mol. The summed E-state index contributed by atoms with van der Waals surface area (Å²) in [4.78, 5) is 0. The molecule has 0 saturated carbocycles. The Morgan fingerprint density at radius 1 is 0.475 bits per heavy atom. The normalized spacial score (nSPS) is 11.5. The van der Waals surface area contributed by atoms with Crippen LogP contribution in [0.3, 0.4) is 0 Å². The summed E-state index contributed by atoms with van der Waals surface area (Å²) in [5, 5.41) is 0. The van der Waals surface area contributed by atoms with Gasteiger partial charge in [-0.2, -0.15) is 0 Å². The van der Waals surface area contributed by atoms with E-state index in [0.29, 0.717) is 6.61 Å². The van der Waals surface area contributed by atoms with Gasteiger partial charge in [0.1, 0.15) is 17.1 Å². The van der Waals surface area contributed by atoms with E-state index in [-0.39, 0.29) is 0 Å². The first-order valence-corrected chi connectivity index (χ1v) is 15.5. The molecule has 217 valence electrons. The second-order valence-corrected chi connectivity index (χ2v) is 10.8. The first-order chi connectivity index (χ1) is 19.7. The fourth-order valence-corrected chi connectivity index (χ4v) is 5.52. The lowest BCUT2D eigenvalue weighted by atomic mass is 9.80. The van der Waals surface area contributed by atoms with Gasteiger partial charge in [0.05, 0.1) is 14.2 Å². The maximum Gasteiger partial charge on any atom is 0.143 e. The molecule has 1 radical (unpaired) electrons. The zero-order chi connectivity index (χ0) is 28.3. The van der Waals surface area contributed by atoms with Gasteiger partial charge in [-0.05, 0) is 47.4 Å². The molecule has 0 aromatic heterocycles. The summed E-state index contributed by atoms with van der Waals surface area (Å²) in [7, 11) is 3.40. The Hall–Kier alpha value is -2.78. The fourth-order valence-electron chi connectivity index (χ4n) is 5.52. The van der Waals surface area contributed by atoms with E-state index >= 15 is 0 Å². The van der Waals surface area contributed by atoms with E-state index in [1.807, 2.05) is 24.3 Å². The number of ether oxygens (including phenoxy) is 3. The average Bonchev–Trinajstić information content (AvgIpc) is 3.02. The molecule has 40 heavy (non-hydrogen) atoms. The second kappa shape index (κ2) is 18.5. The third kappa shape index (κ3) is 9.70. The minimum Gasteiger partial charge on any atom is -0.497 e. The number of hydrogen-bond acceptors (Lipinski definition) is 3. The molecule has 0 aliphatic heterocycles. The van der Waals surface area contributed by atoms with E-state index in [4.69, 9.17) is 14.2 Å². The maximum atomic E-state index is 6.96. The minimum atomic E-state index is -0.715. The number of benzene rings is 3. The highest BCUT2D eigenvalue weighted by atomic mass is 16.5. The van der Waals surface area contributed by atoms with Gasteiger partial charge >= 0.3 is 0 Å². The standard InChI is InChI=1S/C37H51O3/c1-4-5-6-7-8-9-10-11-12-13-14-15-16-20-31-40-37(32-21-18-17-19-22-32,33-23-27-35(38-2)28-24-33)34-25-29-36(39-3)30-26-34/h17-19,21-30H,1,4-16,20,31H2,2-3H3. The third-order valence-electron chi connectivity index (χ3n) is 7.89. The molecule has 0 saturated heterocycles. The number of hydrogen-bond donors (Lipinski definition) is 0. The van der Waals surface area contributed by atoms with E-state index in [1.54, 1.807) is 14.2 Å². The Morgan fingerprint density at radius 3 is 1.25 bits per heavy atom. The summed E-state index contributed by atoms with van der Waals surface area (Å²) in [5.41, 5.74) is 2.58. The van der Waals surface area contributed by atoms with E-state index in [2.05, 4.69) is 61.5 Å². The van der Waals surface area contributed by atoms with Gasteiger partial charge in [0.15, 0.2) is 0 Å². The van der Waals surface area contributed by atoms with E-state index in [9.17, 15) is 0 Å². The third-order valence-corrected chi connectivity index (χ3v) is 7.89. The summed E-state index contributed by atoms with van der Waals surface area (Å²) < 4.78 is 17.9. The van der Waals surface area contributed by atoms with Gasteiger partial charge in [-0.15, -0.1) is 0 Å². The van der Waals surface area contributed by atoms with Crippen molar-refractivity contribution in [3.63, 3.8) is 0 Å². The van der Waals surface area contributed by atoms with Crippen molar-refractivity contribution in [2.75, 3.05) is 20.8 Å². The molecule has 3 nitrogen and oxygen atoms in total. The number of unbranched alkanes of at least 4 members (excludes halogenated alkanes) is 13. The molecule has 0 heterocycles. The van der Waals surface area contributed by atoms with Crippen LogP contribution in [0, 0.1) is 6.92 Å². The van der Waals surface area contributed by atoms with Crippen LogP contribution >= 0.6 is 0 Å². The van der Waals surface area contributed by atoms with Gasteiger partial charge in [0.25, 0.3) is 0 Å². The quantitative estimate of drug-likeness (QED) is 0.0988. The van der Waals surface area contributed by atoms with Gasteiger partial charge < -0.3 is 14.2 Å². The van der Waals surface area contributed by atoms with Crippen molar-refractivity contribution >= 4 is 0 Å². The summed E-state index contributed by atoms with van der Waals surface area (Å²) in [5.74, 6) is 1.68. The van der Waals surface area contributed by atoms with Crippen LogP contribution in [0.1, 0.15) is 107 Å². The molecule has 0 N–H and O–H groups in total. The molecule has 3 heteroatoms. The largest absolute Gasteiger partial charge is 0.497 e. The van der Waals surface area contributed by atoms with E-state index < -0.39 is 5.60 Å². The van der Waals surface area contributed by atoms with Gasteiger partial charge in [-0.1, -0.05) is 145 Å². The molecule has 0 aliphatic carbocycles. The van der Waals surface area contributed by atoms with Crippen LogP contribution in [0.5, 0.6) is 11.5 Å². The average molecular weight is 544 g/mol. The SMILES string of the molecule is [CH2]CCCCCCCCCCCCCCCOC(c1ccccc1)(c1ccc(OC)cc1)c1ccc(OC)cc1. The molecule has 0 spiro atoms. The Morgan fingerprint density at radius 2 is 0.850 bits per heavy atom. The van der Waals surface area contributed by atoms with E-state index in [1.165, 1.54) is 77.0 Å². The van der Waals surface area contributed by atoms with Crippen LogP contribution in [-0.2, 0) is 10.3 Å². The van der Waals surface area contributed by atoms with Gasteiger partial charge in [-0.3, -0.25) is 0 Å². The number of rotatable bonds is 21. The zero-order valence-corrected chi connectivity index (χ0v) is 25.0. The van der Waals surface area contributed by atoms with Crippen molar-refractivity contribution < 1.29 is 14.2 Å². The first kappa shape index (κ1) is 31.7. The van der Waals surface area contributed by atoms with Crippen LogP contribution in [0.4, 0.5) is 0 Å². The summed E-state index contributed by atoms with van der Waals surface area (Å²) in [6.07, 6.45) is 18.3. The Labute approximate surface area is 244 Å². The van der Waals surface area contributed by atoms with Crippen molar-refractivity contribution in [1.29, 1.82) is 0 Å². The maximum absolute atomic E-state index is 6.96. The Balaban J connectivity index is 1.56. The van der Waals surface area contributed by atoms with Crippen LogP contribution in [0.25, 0.3) is 0 Å². The Kier molecular flexibility index (Phi) is 14.7. The molecular weight excluding hydrogens is 492 g/mol. The predicted octanol–water partition coefficient (Wildman–Crippen LogP) is 10.3. The van der Waals surface area contributed by atoms with Crippen molar-refractivity contribution in [3.8, 4) is 11.5 Å². The molecular formula is C37H51O3. The molecule has 0 aliphatic rings. The lowest BCUT2D eigenvalue weighted by Gasteiger charge is -2.36. The smallest absolute Gasteiger partial charge is 0.143 e. The predicted molar refractivity (Wildman–Crippen MR) is 168 cm³/mol. The lowest BCUT2D eigenvalue weighted by molar-refractivity contribution is 0.0106. The summed E-state index contributed by atoms with van der Waals surface area (Å²) >= 11 is 0. The molecule has 0 amide bonds. The van der Waals surface area contributed by atoms with Crippen molar-refractivity contribution in [2.45, 2.75) is 95.5 Å². The molecule has 0 atom stereocenters. The summed E-state index contributed by atoms with van der Waals surface area (Å²) in [6.45, 7) is 4.62. The van der Waals surface area contributed by atoms with Crippen LogP contribution < -0.4 is 9.47 Å². The van der Waals surface area contributed by atoms with Crippen molar-refractivity contribution in [1.82, 2.24) is 0 Å². The number of methoxy groups -OCH3 is 2. The van der Waals surface area contributed by atoms with Crippen LogP contribution in [-0.4, -0.2) is 20.8 Å². The molecule has 3 aromatic carbocycles. The molecule has 0 unspecified atom stereocenters.